The SMILES string of the molecule is CC(=O)[C@@H](N)C1CN(c2ccc(Oc3ccc(COS(C)(=O)=O)cn3)c(F)c2)C(=O)O1. The summed E-state index contributed by atoms with van der Waals surface area (Å²) in [6, 6.07) is 5.86. The molecular formula is C19H20FN3O7S. The number of halogens is 1. The number of anilines is 1. The molecule has 1 aliphatic heterocycles. The van der Waals surface area contributed by atoms with Gasteiger partial charge in [0.2, 0.25) is 5.88 Å². The van der Waals surface area contributed by atoms with Gasteiger partial charge < -0.3 is 15.2 Å². The van der Waals surface area contributed by atoms with Crippen LogP contribution in [-0.4, -0.2) is 50.2 Å². The molecule has 31 heavy (non-hydrogen) atoms. The van der Waals surface area contributed by atoms with Crippen LogP contribution < -0.4 is 15.4 Å². The van der Waals surface area contributed by atoms with E-state index in [1.54, 1.807) is 0 Å². The lowest BCUT2D eigenvalue weighted by atomic mass is 10.1. The minimum absolute atomic E-state index is 0.0117. The molecule has 2 heterocycles. The maximum atomic E-state index is 14.5. The number of carbonyl (C=O) groups is 2. The Labute approximate surface area is 177 Å². The fraction of sp³-hybridized carbons (Fsp3) is 0.316. The molecule has 0 bridgehead atoms. The Kier molecular flexibility index (Phi) is 6.53. The Hall–Kier alpha value is -3.09. The number of hydrogen-bond donors (Lipinski definition) is 1. The molecule has 1 aromatic heterocycles. The molecule has 0 radical (unpaired) electrons. The van der Waals surface area contributed by atoms with Crippen LogP contribution in [0.2, 0.25) is 0 Å². The number of hydrogen-bond acceptors (Lipinski definition) is 9. The largest absolute Gasteiger partial charge is 0.442 e. The Morgan fingerprint density at radius 1 is 1.39 bits per heavy atom. The van der Waals surface area contributed by atoms with E-state index < -0.39 is 34.2 Å². The van der Waals surface area contributed by atoms with E-state index in [1.807, 2.05) is 0 Å². The molecule has 1 fully saturated rings. The number of ketones is 1. The average molecular weight is 453 g/mol. The number of rotatable bonds is 8. The van der Waals surface area contributed by atoms with Crippen molar-refractivity contribution < 1.29 is 36.1 Å². The first kappa shape index (κ1) is 22.6. The van der Waals surface area contributed by atoms with Crippen LogP contribution in [0.5, 0.6) is 11.6 Å². The summed E-state index contributed by atoms with van der Waals surface area (Å²) in [4.78, 5) is 28.6. The first-order valence-corrected chi connectivity index (χ1v) is 10.9. The van der Waals surface area contributed by atoms with Gasteiger partial charge in [-0.05, 0) is 30.7 Å². The topological polar surface area (TPSA) is 138 Å². The first-order chi connectivity index (χ1) is 14.5. The van der Waals surface area contributed by atoms with Crippen LogP contribution in [0.15, 0.2) is 36.5 Å². The fourth-order valence-corrected chi connectivity index (χ4v) is 3.08. The van der Waals surface area contributed by atoms with Crippen molar-refractivity contribution in [1.82, 2.24) is 4.98 Å². The molecule has 2 N–H and O–H groups in total. The van der Waals surface area contributed by atoms with Crippen LogP contribution in [0.3, 0.4) is 0 Å². The van der Waals surface area contributed by atoms with Crippen molar-refractivity contribution >= 4 is 27.7 Å². The lowest BCUT2D eigenvalue weighted by Gasteiger charge is -2.16. The van der Waals surface area contributed by atoms with Gasteiger partial charge in [0.1, 0.15) is 17.9 Å². The van der Waals surface area contributed by atoms with E-state index >= 15 is 0 Å². The van der Waals surface area contributed by atoms with Crippen molar-refractivity contribution in [2.75, 3.05) is 17.7 Å². The summed E-state index contributed by atoms with van der Waals surface area (Å²) in [6.45, 7) is 1.12. The highest BCUT2D eigenvalue weighted by atomic mass is 32.2. The van der Waals surface area contributed by atoms with Crippen molar-refractivity contribution in [3.8, 4) is 11.6 Å². The summed E-state index contributed by atoms with van der Waals surface area (Å²) in [5.74, 6) is -1.14. The fourth-order valence-electron chi connectivity index (χ4n) is 2.73. The third-order valence-electron chi connectivity index (χ3n) is 4.38. The first-order valence-electron chi connectivity index (χ1n) is 9.04. The Balaban J connectivity index is 1.67. The van der Waals surface area contributed by atoms with Crippen LogP contribution in [0.1, 0.15) is 12.5 Å². The van der Waals surface area contributed by atoms with E-state index in [0.717, 1.165) is 12.3 Å². The number of nitrogens with two attached hydrogens (primary N) is 1. The Bertz CT molecular complexity index is 1090. The summed E-state index contributed by atoms with van der Waals surface area (Å²) in [6.07, 6.45) is 0.719. The highest BCUT2D eigenvalue weighted by Gasteiger charge is 2.37. The molecule has 0 saturated carbocycles. The molecule has 1 aliphatic rings. The molecule has 1 saturated heterocycles. The number of nitrogens with zero attached hydrogens (tertiary/aromatic N) is 2. The highest BCUT2D eigenvalue weighted by molar-refractivity contribution is 7.85. The van der Waals surface area contributed by atoms with Gasteiger partial charge in [-0.3, -0.25) is 13.9 Å². The van der Waals surface area contributed by atoms with E-state index in [2.05, 4.69) is 9.17 Å². The second-order valence-corrected chi connectivity index (χ2v) is 8.50. The van der Waals surface area contributed by atoms with Gasteiger partial charge in [-0.2, -0.15) is 8.42 Å². The molecule has 0 aliphatic carbocycles. The molecule has 12 heteroatoms. The van der Waals surface area contributed by atoms with E-state index in [4.69, 9.17) is 15.2 Å². The molecule has 3 rings (SSSR count). The predicted octanol–water partition coefficient (Wildman–Crippen LogP) is 1.73. The van der Waals surface area contributed by atoms with Crippen LogP contribution in [0.25, 0.3) is 0 Å². The summed E-state index contributed by atoms with van der Waals surface area (Å²) in [5.41, 5.74) is 6.43. The molecule has 1 unspecified atom stereocenters. The summed E-state index contributed by atoms with van der Waals surface area (Å²) >= 11 is 0. The van der Waals surface area contributed by atoms with E-state index in [1.165, 1.54) is 42.3 Å². The third-order valence-corrected chi connectivity index (χ3v) is 4.93. The van der Waals surface area contributed by atoms with Crippen molar-refractivity contribution in [3.05, 3.63) is 47.9 Å². The maximum Gasteiger partial charge on any atom is 0.414 e. The van der Waals surface area contributed by atoms with E-state index in [0.29, 0.717) is 5.56 Å². The van der Waals surface area contributed by atoms with Gasteiger partial charge >= 0.3 is 6.09 Å². The average Bonchev–Trinajstić information content (AvgIpc) is 3.09. The van der Waals surface area contributed by atoms with Crippen LogP contribution in [0, 0.1) is 5.82 Å². The van der Waals surface area contributed by atoms with Gasteiger partial charge in [-0.15, -0.1) is 0 Å². The van der Waals surface area contributed by atoms with Crippen molar-refractivity contribution in [2.24, 2.45) is 5.73 Å². The lowest BCUT2D eigenvalue weighted by molar-refractivity contribution is -0.120. The van der Waals surface area contributed by atoms with Crippen molar-refractivity contribution in [1.29, 1.82) is 0 Å². The van der Waals surface area contributed by atoms with Gasteiger partial charge in [0.25, 0.3) is 10.1 Å². The van der Waals surface area contributed by atoms with Crippen molar-refractivity contribution in [2.45, 2.75) is 25.7 Å². The monoisotopic (exact) mass is 453 g/mol. The molecule has 2 aromatic rings. The smallest absolute Gasteiger partial charge is 0.414 e. The van der Waals surface area contributed by atoms with Gasteiger partial charge in [-0.1, -0.05) is 0 Å². The number of benzene rings is 1. The number of aromatic nitrogens is 1. The van der Waals surface area contributed by atoms with Gasteiger partial charge in [-0.25, -0.2) is 14.2 Å². The summed E-state index contributed by atoms with van der Waals surface area (Å²) in [7, 11) is -3.58. The third kappa shape index (κ3) is 5.75. The van der Waals surface area contributed by atoms with Crippen LogP contribution in [-0.2, 0) is 30.4 Å². The number of pyridine rings is 1. The van der Waals surface area contributed by atoms with E-state index in [9.17, 15) is 22.4 Å². The Morgan fingerprint density at radius 2 is 2.13 bits per heavy atom. The lowest BCUT2D eigenvalue weighted by Crippen LogP contribution is -2.43. The second kappa shape index (κ2) is 8.96. The number of amides is 1. The molecule has 2 atom stereocenters. The summed E-state index contributed by atoms with van der Waals surface area (Å²) < 4.78 is 51.7. The standard InChI is InChI=1S/C19H20FN3O7S/c1-11(24)18(21)16-9-23(19(25)30-16)13-4-5-15(14(20)7-13)29-17-6-3-12(8-22-17)10-28-31(2,26)27/h3-8,16,18H,9-10,21H2,1-2H3/t16?,18-/m1/s1. The summed E-state index contributed by atoms with van der Waals surface area (Å²) in [5, 5.41) is 0. The van der Waals surface area contributed by atoms with Crippen molar-refractivity contribution in [3.63, 3.8) is 0 Å². The molecule has 1 amide bonds. The zero-order valence-corrected chi connectivity index (χ0v) is 17.5. The zero-order chi connectivity index (χ0) is 22.8. The highest BCUT2D eigenvalue weighted by Crippen LogP contribution is 2.30. The molecule has 10 nitrogen and oxygen atoms in total. The molecular weight excluding hydrogens is 433 g/mol. The normalized spacial score (nSPS) is 17.4. The zero-order valence-electron chi connectivity index (χ0n) is 16.6. The molecule has 0 spiro atoms. The van der Waals surface area contributed by atoms with Crippen LogP contribution in [0.4, 0.5) is 14.9 Å². The molecule has 166 valence electrons. The number of ether oxygens (including phenoxy) is 2. The predicted molar refractivity (Wildman–Crippen MR) is 107 cm³/mol. The van der Waals surface area contributed by atoms with Crippen LogP contribution >= 0.6 is 0 Å². The minimum atomic E-state index is -3.58. The number of carbonyl (C=O) groups excluding carboxylic acids is 2. The maximum absolute atomic E-state index is 14.5. The molecule has 1 aromatic carbocycles. The van der Waals surface area contributed by atoms with Gasteiger partial charge in [0, 0.05) is 18.3 Å². The second-order valence-electron chi connectivity index (χ2n) is 6.86. The van der Waals surface area contributed by atoms with Gasteiger partial charge in [0.15, 0.2) is 11.6 Å². The number of cyclic esters (lactones) is 1. The van der Waals surface area contributed by atoms with Gasteiger partial charge in [0.05, 0.1) is 25.1 Å². The number of Topliss-reactive ketones (excluding diaryl/α,β-unsaturated/α-hetero) is 1. The Morgan fingerprint density at radius 3 is 2.71 bits per heavy atom. The quantitative estimate of drug-likeness (QED) is 0.592. The van der Waals surface area contributed by atoms with E-state index in [-0.39, 0.29) is 36.3 Å². The minimum Gasteiger partial charge on any atom is -0.442 e.